The van der Waals surface area contributed by atoms with Gasteiger partial charge in [-0.3, -0.25) is 0 Å². The highest BCUT2D eigenvalue weighted by molar-refractivity contribution is 7.80. The molecular formula is C17H22N3OS+. The molecule has 1 heterocycles. The third-order valence-electron chi connectivity index (χ3n) is 3.97. The summed E-state index contributed by atoms with van der Waals surface area (Å²) in [5, 5.41) is 9.68. The van der Waals surface area contributed by atoms with E-state index in [0.29, 0.717) is 5.11 Å². The van der Waals surface area contributed by atoms with Gasteiger partial charge in [0, 0.05) is 5.69 Å². The van der Waals surface area contributed by atoms with Gasteiger partial charge in [0.2, 0.25) is 0 Å². The maximum Gasteiger partial charge on any atom is 0.170 e. The van der Waals surface area contributed by atoms with Crippen molar-refractivity contribution >= 4 is 33.8 Å². The van der Waals surface area contributed by atoms with Gasteiger partial charge in [-0.1, -0.05) is 30.3 Å². The Bertz CT molecular complexity index is 641. The Morgan fingerprint density at radius 3 is 2.68 bits per heavy atom. The molecule has 0 bridgehead atoms. The van der Waals surface area contributed by atoms with E-state index in [1.165, 1.54) is 10.8 Å². The molecule has 4 nitrogen and oxygen atoms in total. The molecule has 3 rings (SSSR count). The van der Waals surface area contributed by atoms with Crippen molar-refractivity contribution in [2.45, 2.75) is 0 Å². The Kier molecular flexibility index (Phi) is 5.21. The van der Waals surface area contributed by atoms with Crippen molar-refractivity contribution in [3.8, 4) is 0 Å². The quantitative estimate of drug-likeness (QED) is 0.737. The number of nitrogens with one attached hydrogen (secondary N) is 3. The molecule has 1 aliphatic rings. The van der Waals surface area contributed by atoms with Crippen LogP contribution in [0.3, 0.4) is 0 Å². The fourth-order valence-corrected chi connectivity index (χ4v) is 2.93. The van der Waals surface area contributed by atoms with Crippen LogP contribution in [0, 0.1) is 0 Å². The van der Waals surface area contributed by atoms with Crippen LogP contribution in [-0.2, 0) is 4.74 Å². The zero-order chi connectivity index (χ0) is 15.2. The lowest BCUT2D eigenvalue weighted by molar-refractivity contribution is -0.906. The monoisotopic (exact) mass is 316 g/mol. The second-order valence-electron chi connectivity index (χ2n) is 5.56. The topological polar surface area (TPSA) is 37.7 Å². The highest BCUT2D eigenvalue weighted by atomic mass is 32.1. The van der Waals surface area contributed by atoms with Crippen LogP contribution in [0.1, 0.15) is 0 Å². The zero-order valence-corrected chi connectivity index (χ0v) is 13.4. The van der Waals surface area contributed by atoms with Crippen LogP contribution < -0.4 is 15.5 Å². The minimum atomic E-state index is 0.683. The average molecular weight is 316 g/mol. The number of ether oxygens (including phenoxy) is 1. The first-order valence-electron chi connectivity index (χ1n) is 7.76. The van der Waals surface area contributed by atoms with E-state index in [1.807, 2.05) is 6.07 Å². The Morgan fingerprint density at radius 1 is 1.09 bits per heavy atom. The third-order valence-corrected chi connectivity index (χ3v) is 4.22. The summed E-state index contributed by atoms with van der Waals surface area (Å²) < 4.78 is 5.36. The largest absolute Gasteiger partial charge is 0.370 e. The van der Waals surface area contributed by atoms with Gasteiger partial charge in [-0.05, 0) is 35.1 Å². The number of benzene rings is 2. The molecule has 0 unspecified atom stereocenters. The van der Waals surface area contributed by atoms with Crippen molar-refractivity contribution in [2.24, 2.45) is 0 Å². The minimum Gasteiger partial charge on any atom is -0.370 e. The third kappa shape index (κ3) is 4.16. The Morgan fingerprint density at radius 2 is 1.86 bits per heavy atom. The van der Waals surface area contributed by atoms with Gasteiger partial charge in [-0.15, -0.1) is 0 Å². The molecule has 1 fully saturated rings. The predicted molar refractivity (Wildman–Crippen MR) is 94.6 cm³/mol. The number of hydrogen-bond donors (Lipinski definition) is 3. The van der Waals surface area contributed by atoms with Crippen molar-refractivity contribution in [2.75, 3.05) is 44.7 Å². The number of morpholine rings is 1. The summed E-state index contributed by atoms with van der Waals surface area (Å²) in [4.78, 5) is 1.58. The molecule has 116 valence electrons. The van der Waals surface area contributed by atoms with Crippen molar-refractivity contribution in [3.05, 3.63) is 42.5 Å². The van der Waals surface area contributed by atoms with Crippen LogP contribution >= 0.6 is 12.2 Å². The minimum absolute atomic E-state index is 0.683. The van der Waals surface area contributed by atoms with Crippen LogP contribution in [0.5, 0.6) is 0 Å². The van der Waals surface area contributed by atoms with Crippen molar-refractivity contribution in [1.29, 1.82) is 0 Å². The first-order chi connectivity index (χ1) is 10.8. The van der Waals surface area contributed by atoms with Crippen LogP contribution in [0.25, 0.3) is 10.8 Å². The van der Waals surface area contributed by atoms with Crippen LogP contribution in [-0.4, -0.2) is 44.5 Å². The molecular weight excluding hydrogens is 294 g/mol. The summed E-state index contributed by atoms with van der Waals surface area (Å²) in [6, 6.07) is 14.6. The molecule has 1 aliphatic heterocycles. The lowest BCUT2D eigenvalue weighted by Gasteiger charge is -2.24. The van der Waals surface area contributed by atoms with Gasteiger partial charge in [0.1, 0.15) is 13.1 Å². The number of thiocarbonyl (C=S) groups is 1. The smallest absolute Gasteiger partial charge is 0.170 e. The van der Waals surface area contributed by atoms with E-state index in [-0.39, 0.29) is 0 Å². The number of quaternary nitrogens is 1. The van der Waals surface area contributed by atoms with E-state index in [0.717, 1.165) is 45.1 Å². The van der Waals surface area contributed by atoms with E-state index in [1.54, 1.807) is 4.90 Å². The second-order valence-corrected chi connectivity index (χ2v) is 5.96. The van der Waals surface area contributed by atoms with Crippen molar-refractivity contribution < 1.29 is 9.64 Å². The van der Waals surface area contributed by atoms with Gasteiger partial charge in [0.15, 0.2) is 5.11 Å². The van der Waals surface area contributed by atoms with E-state index < -0.39 is 0 Å². The van der Waals surface area contributed by atoms with Gasteiger partial charge in [0.05, 0.1) is 26.3 Å². The normalized spacial score (nSPS) is 15.6. The van der Waals surface area contributed by atoms with Gasteiger partial charge in [0.25, 0.3) is 0 Å². The Hall–Kier alpha value is -1.69. The summed E-state index contributed by atoms with van der Waals surface area (Å²) in [5.74, 6) is 0. The van der Waals surface area contributed by atoms with E-state index in [2.05, 4.69) is 47.0 Å². The molecule has 0 saturated carbocycles. The standard InChI is InChI=1S/C17H21N3OS/c22-17(18-7-8-20-9-11-21-12-10-20)19-16-6-5-14-3-1-2-4-15(14)13-16/h1-6,13H,7-12H2,(H2,18,19,22)/p+1. The maximum atomic E-state index is 5.37. The molecule has 3 N–H and O–H groups in total. The lowest BCUT2D eigenvalue weighted by Crippen LogP contribution is -3.14. The molecule has 22 heavy (non-hydrogen) atoms. The number of anilines is 1. The Balaban J connectivity index is 1.47. The molecule has 0 aliphatic carbocycles. The number of rotatable bonds is 4. The molecule has 2 aromatic carbocycles. The van der Waals surface area contributed by atoms with Gasteiger partial charge in [-0.25, -0.2) is 0 Å². The second kappa shape index (κ2) is 7.54. The average Bonchev–Trinajstić information content (AvgIpc) is 2.56. The summed E-state index contributed by atoms with van der Waals surface area (Å²) >= 11 is 5.37. The van der Waals surface area contributed by atoms with Gasteiger partial charge >= 0.3 is 0 Å². The molecule has 0 radical (unpaired) electrons. The first kappa shape index (κ1) is 15.2. The molecule has 5 heteroatoms. The molecule has 0 amide bonds. The Labute approximate surface area is 136 Å². The zero-order valence-electron chi connectivity index (χ0n) is 12.6. The van der Waals surface area contributed by atoms with Gasteiger partial charge in [-0.2, -0.15) is 0 Å². The molecule has 0 atom stereocenters. The van der Waals surface area contributed by atoms with E-state index >= 15 is 0 Å². The predicted octanol–water partition coefficient (Wildman–Crippen LogP) is 1.04. The summed E-state index contributed by atoms with van der Waals surface area (Å²) in [6.07, 6.45) is 0. The fraction of sp³-hybridized carbons (Fsp3) is 0.353. The molecule has 1 saturated heterocycles. The molecule has 0 spiro atoms. The van der Waals surface area contributed by atoms with Crippen LogP contribution in [0.2, 0.25) is 0 Å². The van der Waals surface area contributed by atoms with Crippen molar-refractivity contribution in [3.63, 3.8) is 0 Å². The fourth-order valence-electron chi connectivity index (χ4n) is 2.71. The highest BCUT2D eigenvalue weighted by Crippen LogP contribution is 2.18. The van der Waals surface area contributed by atoms with Gasteiger partial charge < -0.3 is 20.3 Å². The van der Waals surface area contributed by atoms with Crippen LogP contribution in [0.4, 0.5) is 5.69 Å². The SMILES string of the molecule is S=C(NCC[NH+]1CCOCC1)Nc1ccc2ccccc2c1. The summed E-state index contributed by atoms with van der Waals surface area (Å²) in [5.41, 5.74) is 1.02. The lowest BCUT2D eigenvalue weighted by atomic mass is 10.1. The van der Waals surface area contributed by atoms with E-state index in [9.17, 15) is 0 Å². The first-order valence-corrected chi connectivity index (χ1v) is 8.17. The highest BCUT2D eigenvalue weighted by Gasteiger charge is 2.12. The number of fused-ring (bicyclic) bond motifs is 1. The van der Waals surface area contributed by atoms with Crippen molar-refractivity contribution in [1.82, 2.24) is 5.32 Å². The van der Waals surface area contributed by atoms with Crippen LogP contribution in [0.15, 0.2) is 42.5 Å². The summed E-state index contributed by atoms with van der Waals surface area (Å²) in [7, 11) is 0. The van der Waals surface area contributed by atoms with E-state index in [4.69, 9.17) is 17.0 Å². The number of hydrogen-bond acceptors (Lipinski definition) is 2. The molecule has 0 aromatic heterocycles. The molecule has 2 aromatic rings. The summed E-state index contributed by atoms with van der Waals surface area (Å²) in [6.45, 7) is 5.88. The maximum absolute atomic E-state index is 5.37.